The summed E-state index contributed by atoms with van der Waals surface area (Å²) < 4.78 is 36.2. The Morgan fingerprint density at radius 1 is 0.507 bits per heavy atom. The lowest BCUT2D eigenvalue weighted by molar-refractivity contribution is -0.0466. The van der Waals surface area contributed by atoms with Crippen LogP contribution in [0.2, 0.25) is 0 Å². The van der Waals surface area contributed by atoms with Crippen molar-refractivity contribution in [2.45, 2.75) is 61.4 Å². The number of methoxy groups -OCH3 is 3. The van der Waals surface area contributed by atoms with E-state index in [9.17, 15) is 14.4 Å². The molecule has 356 valence electrons. The van der Waals surface area contributed by atoms with Gasteiger partial charge in [0, 0.05) is 63.3 Å². The van der Waals surface area contributed by atoms with E-state index in [1.807, 2.05) is 54.6 Å². The van der Waals surface area contributed by atoms with Crippen molar-refractivity contribution in [1.29, 1.82) is 0 Å². The number of anilines is 1. The molecule has 2 atom stereocenters. The van der Waals surface area contributed by atoms with Gasteiger partial charge in [-0.25, -0.2) is 14.4 Å². The second kappa shape index (κ2) is 20.6. The maximum Gasteiger partial charge on any atom is 0.342 e. The first kappa shape index (κ1) is 46.9. The Labute approximate surface area is 403 Å². The molecule has 0 aliphatic carbocycles. The summed E-state index contributed by atoms with van der Waals surface area (Å²) in [6.45, 7) is 3.16. The number of rotatable bonds is 14. The van der Waals surface area contributed by atoms with E-state index in [4.69, 9.17) is 28.4 Å². The minimum atomic E-state index is -1.00. The van der Waals surface area contributed by atoms with Crippen molar-refractivity contribution >= 4 is 23.6 Å². The van der Waals surface area contributed by atoms with Gasteiger partial charge in [-0.05, 0) is 109 Å². The number of carbonyl (C=O) groups excluding carboxylic acids is 3. The Kier molecular flexibility index (Phi) is 14.0. The first-order valence-corrected chi connectivity index (χ1v) is 23.7. The molecule has 9 rings (SSSR count). The molecular weight excluding hydrogens is 871 g/mol. The Bertz CT molecular complexity index is 2750. The van der Waals surface area contributed by atoms with Crippen LogP contribution in [0.5, 0.6) is 17.2 Å². The summed E-state index contributed by atoms with van der Waals surface area (Å²) in [4.78, 5) is 44.3. The Balaban J connectivity index is 1.00. The predicted octanol–water partition coefficient (Wildman–Crippen LogP) is 9.68. The zero-order valence-electron chi connectivity index (χ0n) is 39.4. The maximum absolute atomic E-state index is 14.4. The van der Waals surface area contributed by atoms with Crippen LogP contribution in [-0.2, 0) is 31.0 Å². The van der Waals surface area contributed by atoms with E-state index in [1.165, 1.54) is 0 Å². The largest absolute Gasteiger partial charge is 0.497 e. The van der Waals surface area contributed by atoms with Gasteiger partial charge in [0.1, 0.15) is 39.6 Å². The molecule has 69 heavy (non-hydrogen) atoms. The van der Waals surface area contributed by atoms with Gasteiger partial charge in [-0.1, -0.05) is 84.9 Å². The van der Waals surface area contributed by atoms with Gasteiger partial charge in [0.05, 0.1) is 32.5 Å². The average molecular weight is 930 g/mol. The highest BCUT2D eigenvalue weighted by molar-refractivity contribution is 5.93. The summed E-state index contributed by atoms with van der Waals surface area (Å²) in [7, 11) is 4.72. The summed E-state index contributed by atoms with van der Waals surface area (Å²) in [6.07, 6.45) is 3.29. The van der Waals surface area contributed by atoms with E-state index < -0.39 is 28.7 Å². The molecule has 2 N–H and O–H groups in total. The normalized spacial score (nSPS) is 19.6. The van der Waals surface area contributed by atoms with Gasteiger partial charge in [0.15, 0.2) is 0 Å². The van der Waals surface area contributed by atoms with Crippen LogP contribution in [0.1, 0.15) is 97.9 Å². The van der Waals surface area contributed by atoms with Crippen LogP contribution < -0.4 is 29.7 Å². The molecule has 0 radical (unpaired) electrons. The van der Waals surface area contributed by atoms with E-state index in [2.05, 4.69) is 45.9 Å². The lowest BCUT2D eigenvalue weighted by Crippen LogP contribution is -2.46. The molecule has 3 saturated heterocycles. The van der Waals surface area contributed by atoms with Crippen LogP contribution in [0.15, 0.2) is 152 Å². The van der Waals surface area contributed by atoms with E-state index in [1.54, 1.807) is 88.1 Å². The molecule has 12 heteroatoms. The topological polar surface area (TPSA) is 134 Å². The highest BCUT2D eigenvalue weighted by Gasteiger charge is 2.45. The van der Waals surface area contributed by atoms with Crippen LogP contribution >= 0.6 is 0 Å². The van der Waals surface area contributed by atoms with E-state index >= 15 is 0 Å². The molecule has 2 unspecified atom stereocenters. The zero-order valence-corrected chi connectivity index (χ0v) is 39.4. The first-order chi connectivity index (χ1) is 33.6. The third-order valence-corrected chi connectivity index (χ3v) is 14.1. The molecule has 3 aliphatic heterocycles. The highest BCUT2D eigenvalue weighted by Crippen LogP contribution is 2.45. The fourth-order valence-corrected chi connectivity index (χ4v) is 10.2. The Morgan fingerprint density at radius 3 is 1.86 bits per heavy atom. The van der Waals surface area contributed by atoms with Crippen LogP contribution in [0.4, 0.5) is 5.69 Å². The zero-order chi connectivity index (χ0) is 47.9. The predicted molar refractivity (Wildman–Crippen MR) is 263 cm³/mol. The maximum atomic E-state index is 14.4. The molecule has 3 aliphatic rings. The van der Waals surface area contributed by atoms with Gasteiger partial charge in [0.25, 0.3) is 0 Å². The molecule has 3 fully saturated rings. The lowest BCUT2D eigenvalue weighted by Gasteiger charge is -2.44. The molecule has 0 amide bonds. The van der Waals surface area contributed by atoms with Crippen molar-refractivity contribution in [3.63, 3.8) is 0 Å². The fraction of sp³-hybridized carbons (Fsp3) is 0.316. The van der Waals surface area contributed by atoms with Gasteiger partial charge < -0.3 is 44.0 Å². The Morgan fingerprint density at radius 2 is 1.12 bits per heavy atom. The van der Waals surface area contributed by atoms with Crippen molar-refractivity contribution in [2.24, 2.45) is 0 Å². The number of ether oxygens (including phenoxy) is 6. The smallest absolute Gasteiger partial charge is 0.342 e. The standard InChI is InChI=1S/C57H59N3O9/c1-64-47-24-22-40(23-25-47)52(61)67-55(26-31-58-32-27-55)45-17-11-18-46(38-45)60-34-29-56(30-35-60,69-54(63)49-20-7-8-21-51(49)66-3)44-16-9-12-41(36-44)50-39-57(28-33-59-50,43-14-5-4-6-15-43)68-53(62)42-13-10-19-48(37-42)65-2/h4-25,36-38,50,58-59H,26-35,39H2,1-3H3. The van der Waals surface area contributed by atoms with Gasteiger partial charge in [-0.15, -0.1) is 0 Å². The van der Waals surface area contributed by atoms with Gasteiger partial charge in [-0.2, -0.15) is 0 Å². The van der Waals surface area contributed by atoms with E-state index in [-0.39, 0.29) is 12.0 Å². The third kappa shape index (κ3) is 10.0. The van der Waals surface area contributed by atoms with Crippen molar-refractivity contribution in [3.05, 3.63) is 191 Å². The summed E-state index contributed by atoms with van der Waals surface area (Å²) >= 11 is 0. The molecule has 0 aromatic heterocycles. The number of piperidine rings is 3. The van der Waals surface area contributed by atoms with Crippen molar-refractivity contribution in [2.75, 3.05) is 59.0 Å². The van der Waals surface area contributed by atoms with Crippen molar-refractivity contribution < 1.29 is 42.8 Å². The van der Waals surface area contributed by atoms with E-state index in [0.717, 1.165) is 27.9 Å². The van der Waals surface area contributed by atoms with E-state index in [0.29, 0.717) is 105 Å². The molecule has 0 bridgehead atoms. The second-order valence-electron chi connectivity index (χ2n) is 18.1. The number of para-hydroxylation sites is 1. The number of hydrogen-bond donors (Lipinski definition) is 2. The third-order valence-electron chi connectivity index (χ3n) is 14.1. The number of nitrogens with zero attached hydrogens (tertiary/aromatic N) is 1. The number of benzene rings is 6. The Hall–Kier alpha value is -7.15. The number of hydrogen-bond acceptors (Lipinski definition) is 12. The molecule has 6 aromatic rings. The van der Waals surface area contributed by atoms with Crippen LogP contribution in [0, 0.1) is 0 Å². The first-order valence-electron chi connectivity index (χ1n) is 23.7. The minimum Gasteiger partial charge on any atom is -0.497 e. The van der Waals surface area contributed by atoms with Crippen molar-refractivity contribution in [1.82, 2.24) is 10.6 Å². The lowest BCUT2D eigenvalue weighted by atomic mass is 9.78. The summed E-state index contributed by atoms with van der Waals surface area (Å²) in [5.41, 5.74) is 3.20. The summed E-state index contributed by atoms with van der Waals surface area (Å²) in [5, 5.41) is 7.15. The number of nitrogens with one attached hydrogen (secondary N) is 2. The quantitative estimate of drug-likeness (QED) is 0.0796. The van der Waals surface area contributed by atoms with Gasteiger partial charge >= 0.3 is 17.9 Å². The van der Waals surface area contributed by atoms with Crippen LogP contribution in [-0.4, -0.2) is 72.0 Å². The van der Waals surface area contributed by atoms with Crippen LogP contribution in [0.25, 0.3) is 0 Å². The minimum absolute atomic E-state index is 0.206. The fourth-order valence-electron chi connectivity index (χ4n) is 10.2. The molecular formula is C57H59N3O9. The summed E-state index contributed by atoms with van der Waals surface area (Å²) in [6, 6.07) is 47.5. The summed E-state index contributed by atoms with van der Waals surface area (Å²) in [5.74, 6) is 0.409. The molecule has 3 heterocycles. The van der Waals surface area contributed by atoms with Gasteiger partial charge in [-0.3, -0.25) is 0 Å². The second-order valence-corrected chi connectivity index (χ2v) is 18.1. The number of carbonyl (C=O) groups is 3. The monoisotopic (exact) mass is 929 g/mol. The molecule has 12 nitrogen and oxygen atoms in total. The highest BCUT2D eigenvalue weighted by atomic mass is 16.6. The number of esters is 3. The molecule has 6 aromatic carbocycles. The van der Waals surface area contributed by atoms with Gasteiger partial charge in [0.2, 0.25) is 0 Å². The van der Waals surface area contributed by atoms with Crippen LogP contribution in [0.3, 0.4) is 0 Å². The molecule has 0 saturated carbocycles. The average Bonchev–Trinajstić information content (AvgIpc) is 3.41. The molecule has 0 spiro atoms. The van der Waals surface area contributed by atoms with Crippen molar-refractivity contribution in [3.8, 4) is 17.2 Å². The SMILES string of the molecule is COc1ccc(C(=O)OC2(c3cccc(N4CCC(OC(=O)c5ccccc5OC)(c5cccc(C6CC(OC(=O)c7cccc(OC)c7)(c7ccccc7)CCN6)c5)CC4)c3)CCNCC2)cc1.